The highest BCUT2D eigenvalue weighted by atomic mass is 15.3. The zero-order valence-corrected chi connectivity index (χ0v) is 10.6. The minimum atomic E-state index is 0.512. The SMILES string of the molecule is CCC1CC1NCc1ccn(C(C)CC)n1. The minimum absolute atomic E-state index is 0.512. The van der Waals surface area contributed by atoms with E-state index in [1.54, 1.807) is 0 Å². The van der Waals surface area contributed by atoms with Gasteiger partial charge in [-0.1, -0.05) is 20.3 Å². The Morgan fingerprint density at radius 3 is 3.00 bits per heavy atom. The van der Waals surface area contributed by atoms with Gasteiger partial charge in [0.25, 0.3) is 0 Å². The van der Waals surface area contributed by atoms with Crippen LogP contribution in [0.4, 0.5) is 0 Å². The van der Waals surface area contributed by atoms with E-state index in [1.807, 2.05) is 0 Å². The first-order valence-corrected chi connectivity index (χ1v) is 6.52. The van der Waals surface area contributed by atoms with Crippen LogP contribution in [-0.2, 0) is 6.54 Å². The average Bonchev–Trinajstić information content (AvgIpc) is 2.92. The summed E-state index contributed by atoms with van der Waals surface area (Å²) in [5.41, 5.74) is 1.17. The van der Waals surface area contributed by atoms with Gasteiger partial charge in [-0.15, -0.1) is 0 Å². The Bertz CT molecular complexity index is 332. The maximum atomic E-state index is 4.59. The lowest BCUT2D eigenvalue weighted by Crippen LogP contribution is -2.18. The van der Waals surface area contributed by atoms with Crippen LogP contribution in [0, 0.1) is 5.92 Å². The quantitative estimate of drug-likeness (QED) is 0.800. The summed E-state index contributed by atoms with van der Waals surface area (Å²) in [6.45, 7) is 7.59. The van der Waals surface area contributed by atoms with Gasteiger partial charge in [-0.3, -0.25) is 4.68 Å². The van der Waals surface area contributed by atoms with Gasteiger partial charge in [0.2, 0.25) is 0 Å². The van der Waals surface area contributed by atoms with Crippen LogP contribution in [0.3, 0.4) is 0 Å². The molecule has 0 bridgehead atoms. The van der Waals surface area contributed by atoms with E-state index in [2.05, 4.69) is 48.1 Å². The number of nitrogens with zero attached hydrogens (tertiary/aromatic N) is 2. The lowest BCUT2D eigenvalue weighted by atomic mass is 10.3. The van der Waals surface area contributed by atoms with E-state index in [1.165, 1.54) is 18.5 Å². The predicted molar refractivity (Wildman–Crippen MR) is 66.3 cm³/mol. The van der Waals surface area contributed by atoms with Crippen LogP contribution >= 0.6 is 0 Å². The average molecular weight is 221 g/mol. The molecule has 3 atom stereocenters. The summed E-state index contributed by atoms with van der Waals surface area (Å²) >= 11 is 0. The van der Waals surface area contributed by atoms with Gasteiger partial charge in [0.1, 0.15) is 0 Å². The predicted octanol–water partition coefficient (Wildman–Crippen LogP) is 2.74. The van der Waals surface area contributed by atoms with Crippen LogP contribution in [0.15, 0.2) is 12.3 Å². The number of rotatable bonds is 6. The molecule has 0 radical (unpaired) electrons. The standard InChI is InChI=1S/C13H23N3/c1-4-10(3)16-7-6-12(15-16)9-14-13-8-11(13)5-2/h6-7,10-11,13-14H,4-5,8-9H2,1-3H3. The first-order chi connectivity index (χ1) is 7.74. The van der Waals surface area contributed by atoms with Crippen LogP contribution in [0.25, 0.3) is 0 Å². The molecule has 1 heterocycles. The highest BCUT2D eigenvalue weighted by Gasteiger charge is 2.34. The second-order valence-corrected chi connectivity index (χ2v) is 4.94. The van der Waals surface area contributed by atoms with Gasteiger partial charge < -0.3 is 5.32 Å². The second kappa shape index (κ2) is 5.00. The lowest BCUT2D eigenvalue weighted by Gasteiger charge is -2.08. The van der Waals surface area contributed by atoms with Crippen LogP contribution in [0.5, 0.6) is 0 Å². The number of hydrogen-bond donors (Lipinski definition) is 1. The Morgan fingerprint density at radius 1 is 1.56 bits per heavy atom. The maximum absolute atomic E-state index is 4.59. The molecule has 0 aromatic carbocycles. The summed E-state index contributed by atoms with van der Waals surface area (Å²) in [5, 5.41) is 8.15. The van der Waals surface area contributed by atoms with Crippen molar-refractivity contribution in [2.75, 3.05) is 0 Å². The summed E-state index contributed by atoms with van der Waals surface area (Å²) in [6, 6.07) is 3.39. The molecule has 1 aromatic heterocycles. The third-order valence-corrected chi connectivity index (χ3v) is 3.70. The van der Waals surface area contributed by atoms with Crippen molar-refractivity contribution in [1.29, 1.82) is 0 Å². The van der Waals surface area contributed by atoms with Crippen LogP contribution in [0.2, 0.25) is 0 Å². The Morgan fingerprint density at radius 2 is 2.38 bits per heavy atom. The van der Waals surface area contributed by atoms with Gasteiger partial charge in [0.15, 0.2) is 0 Å². The first-order valence-electron chi connectivity index (χ1n) is 6.52. The first kappa shape index (κ1) is 11.6. The highest BCUT2D eigenvalue weighted by molar-refractivity contribution is 5.01. The van der Waals surface area contributed by atoms with E-state index in [0.29, 0.717) is 6.04 Å². The zero-order valence-electron chi connectivity index (χ0n) is 10.6. The van der Waals surface area contributed by atoms with Crippen molar-refractivity contribution in [2.24, 2.45) is 5.92 Å². The van der Waals surface area contributed by atoms with E-state index in [-0.39, 0.29) is 0 Å². The molecule has 1 N–H and O–H groups in total. The third-order valence-electron chi connectivity index (χ3n) is 3.70. The van der Waals surface area contributed by atoms with Crippen molar-refractivity contribution in [3.63, 3.8) is 0 Å². The second-order valence-electron chi connectivity index (χ2n) is 4.94. The fraction of sp³-hybridized carbons (Fsp3) is 0.769. The Kier molecular flexibility index (Phi) is 3.64. The molecule has 1 aromatic rings. The van der Waals surface area contributed by atoms with Crippen molar-refractivity contribution < 1.29 is 0 Å². The van der Waals surface area contributed by atoms with Crippen LogP contribution < -0.4 is 5.32 Å². The number of hydrogen-bond acceptors (Lipinski definition) is 2. The molecule has 1 aliphatic rings. The molecule has 1 saturated carbocycles. The highest BCUT2D eigenvalue weighted by Crippen LogP contribution is 2.33. The number of nitrogens with one attached hydrogen (secondary N) is 1. The summed E-state index contributed by atoms with van der Waals surface area (Å²) in [4.78, 5) is 0. The van der Waals surface area contributed by atoms with Gasteiger partial charge in [0.05, 0.1) is 5.69 Å². The molecule has 1 fully saturated rings. The minimum Gasteiger partial charge on any atom is -0.308 e. The van der Waals surface area contributed by atoms with Crippen molar-refractivity contribution in [2.45, 2.75) is 58.7 Å². The number of aromatic nitrogens is 2. The molecule has 3 nitrogen and oxygen atoms in total. The van der Waals surface area contributed by atoms with Crippen molar-refractivity contribution >= 4 is 0 Å². The van der Waals surface area contributed by atoms with E-state index in [4.69, 9.17) is 0 Å². The summed E-state index contributed by atoms with van der Waals surface area (Å²) in [5.74, 6) is 0.914. The van der Waals surface area contributed by atoms with Gasteiger partial charge in [0, 0.05) is 24.8 Å². The fourth-order valence-corrected chi connectivity index (χ4v) is 2.09. The molecule has 3 unspecified atom stereocenters. The van der Waals surface area contributed by atoms with Crippen molar-refractivity contribution in [3.05, 3.63) is 18.0 Å². The largest absolute Gasteiger partial charge is 0.308 e. The molecule has 90 valence electrons. The normalized spacial score (nSPS) is 25.7. The molecule has 0 spiro atoms. The van der Waals surface area contributed by atoms with Gasteiger partial charge >= 0.3 is 0 Å². The van der Waals surface area contributed by atoms with E-state index >= 15 is 0 Å². The fourth-order valence-electron chi connectivity index (χ4n) is 2.09. The van der Waals surface area contributed by atoms with Gasteiger partial charge in [-0.05, 0) is 31.7 Å². The van der Waals surface area contributed by atoms with E-state index in [9.17, 15) is 0 Å². The topological polar surface area (TPSA) is 29.9 Å². The molecule has 0 amide bonds. The van der Waals surface area contributed by atoms with Crippen molar-refractivity contribution in [3.8, 4) is 0 Å². The Balaban J connectivity index is 1.79. The molecule has 0 saturated heterocycles. The Hall–Kier alpha value is -0.830. The smallest absolute Gasteiger partial charge is 0.0762 e. The Labute approximate surface area is 98.2 Å². The van der Waals surface area contributed by atoms with Crippen molar-refractivity contribution in [1.82, 2.24) is 15.1 Å². The van der Waals surface area contributed by atoms with E-state index < -0.39 is 0 Å². The van der Waals surface area contributed by atoms with Crippen LogP contribution in [0.1, 0.15) is 51.8 Å². The molecule has 16 heavy (non-hydrogen) atoms. The molecular formula is C13H23N3. The molecule has 2 rings (SSSR count). The van der Waals surface area contributed by atoms with Crippen LogP contribution in [-0.4, -0.2) is 15.8 Å². The molecular weight excluding hydrogens is 198 g/mol. The summed E-state index contributed by atoms with van der Waals surface area (Å²) in [7, 11) is 0. The third kappa shape index (κ3) is 2.64. The zero-order chi connectivity index (χ0) is 11.5. The van der Waals surface area contributed by atoms with Gasteiger partial charge in [-0.25, -0.2) is 0 Å². The summed E-state index contributed by atoms with van der Waals surface area (Å²) in [6.07, 6.45) is 5.88. The van der Waals surface area contributed by atoms with Gasteiger partial charge in [-0.2, -0.15) is 5.10 Å². The molecule has 1 aliphatic carbocycles. The molecule has 0 aliphatic heterocycles. The maximum Gasteiger partial charge on any atom is 0.0762 e. The lowest BCUT2D eigenvalue weighted by molar-refractivity contribution is 0.470. The summed E-state index contributed by atoms with van der Waals surface area (Å²) < 4.78 is 2.07. The van der Waals surface area contributed by atoms with E-state index in [0.717, 1.165) is 24.9 Å². The molecule has 3 heteroatoms. The monoisotopic (exact) mass is 221 g/mol.